The van der Waals surface area contributed by atoms with Crippen molar-refractivity contribution in [3.05, 3.63) is 30.3 Å². The number of benzene rings is 1. The van der Waals surface area contributed by atoms with E-state index in [1.54, 1.807) is 0 Å². The monoisotopic (exact) mass is 392 g/mol. The summed E-state index contributed by atoms with van der Waals surface area (Å²) in [6.45, 7) is 5.00. The van der Waals surface area contributed by atoms with Crippen molar-refractivity contribution in [3.8, 4) is 0 Å². The van der Waals surface area contributed by atoms with Crippen molar-refractivity contribution in [2.75, 3.05) is 12.4 Å². The lowest BCUT2D eigenvalue weighted by atomic mass is 10.4. The lowest BCUT2D eigenvalue weighted by Crippen LogP contribution is -2.21. The smallest absolute Gasteiger partial charge is 0.485 e. The largest absolute Gasteiger partial charge is 0.741 e. The maximum atomic E-state index is 10.7. The van der Waals surface area contributed by atoms with Gasteiger partial charge in [0.15, 0.2) is 10.1 Å². The maximum absolute atomic E-state index is 10.7. The first kappa shape index (κ1) is 22.7. The number of hydrogen-bond acceptors (Lipinski definition) is 5. The summed E-state index contributed by atoms with van der Waals surface area (Å²) >= 11 is 1.89. The molecule has 0 amide bonds. The van der Waals surface area contributed by atoms with Crippen molar-refractivity contribution >= 4 is 33.5 Å². The Balaban J connectivity index is 0.000000515. The van der Waals surface area contributed by atoms with Gasteiger partial charge in [-0.15, -0.1) is 0 Å². The molecular weight excluding hydrogens is 372 g/mol. The van der Waals surface area contributed by atoms with E-state index in [4.69, 9.17) is 17.5 Å². The van der Waals surface area contributed by atoms with Crippen LogP contribution in [0.15, 0.2) is 30.3 Å². The van der Waals surface area contributed by atoms with E-state index in [0.717, 1.165) is 6.16 Å². The fourth-order valence-electron chi connectivity index (χ4n) is 1.59. The van der Waals surface area contributed by atoms with Crippen LogP contribution in [0.1, 0.15) is 20.8 Å². The molecule has 0 saturated heterocycles. The van der Waals surface area contributed by atoms with Crippen LogP contribution in [0.3, 0.4) is 0 Å². The summed E-state index contributed by atoms with van der Waals surface area (Å²) < 4.78 is 65.1. The Hall–Kier alpha value is -0.340. The summed E-state index contributed by atoms with van der Waals surface area (Å²) in [7, 11) is -6.09. The SMILES string of the molecule is CC[P+](OC(C)C)(SC)c1ccccc1.O=S(=O)([O-])C(F)(F)F. The van der Waals surface area contributed by atoms with Crippen LogP contribution in [0.5, 0.6) is 0 Å². The topological polar surface area (TPSA) is 66.4 Å². The van der Waals surface area contributed by atoms with Crippen LogP contribution in [-0.2, 0) is 14.6 Å². The molecule has 0 bridgehead atoms. The van der Waals surface area contributed by atoms with Crippen LogP contribution in [0.4, 0.5) is 13.2 Å². The van der Waals surface area contributed by atoms with Gasteiger partial charge in [-0.25, -0.2) is 12.9 Å². The van der Waals surface area contributed by atoms with Crippen molar-refractivity contribution in [1.82, 2.24) is 0 Å². The van der Waals surface area contributed by atoms with Gasteiger partial charge in [-0.2, -0.15) is 13.2 Å². The predicted molar refractivity (Wildman–Crippen MR) is 89.0 cm³/mol. The third-order valence-electron chi connectivity index (χ3n) is 2.53. The third-order valence-corrected chi connectivity index (χ3v) is 9.80. The molecule has 0 spiro atoms. The lowest BCUT2D eigenvalue weighted by Gasteiger charge is -2.23. The molecule has 0 aliphatic carbocycles. The summed E-state index contributed by atoms with van der Waals surface area (Å²) in [5, 5.41) is 1.37. The summed E-state index contributed by atoms with van der Waals surface area (Å²) in [5.41, 5.74) is -5.65. The van der Waals surface area contributed by atoms with E-state index >= 15 is 0 Å². The molecule has 0 N–H and O–H groups in total. The highest BCUT2D eigenvalue weighted by atomic mass is 32.7. The quantitative estimate of drug-likeness (QED) is 0.430. The van der Waals surface area contributed by atoms with Crippen LogP contribution < -0.4 is 5.30 Å². The summed E-state index contributed by atoms with van der Waals surface area (Å²) in [5.74, 6) is 0. The summed E-state index contributed by atoms with van der Waals surface area (Å²) in [6.07, 6.45) is 3.55. The molecule has 0 radical (unpaired) electrons. The van der Waals surface area contributed by atoms with Gasteiger partial charge in [0.1, 0.15) is 5.30 Å². The standard InChI is InChI=1S/C12H20OPS.CHF3O3S/c1-5-14(15-4,13-11(2)3)12-9-7-6-8-10-12;2-1(3,4)8(5,6)7/h6-11H,5H2,1-4H3;(H,5,6,7)/q+1;/p-1. The van der Waals surface area contributed by atoms with Crippen molar-refractivity contribution < 1.29 is 30.7 Å². The molecule has 1 aromatic rings. The highest BCUT2D eigenvalue weighted by molar-refractivity contribution is 8.62. The number of alkyl halides is 3. The van der Waals surface area contributed by atoms with E-state index in [1.807, 2.05) is 11.4 Å². The molecule has 134 valence electrons. The zero-order valence-electron chi connectivity index (χ0n) is 13.2. The first-order valence-corrected chi connectivity index (χ1v) is 11.7. The maximum Gasteiger partial charge on any atom is 0.485 e. The molecule has 1 atom stereocenters. The van der Waals surface area contributed by atoms with Crippen molar-refractivity contribution in [2.45, 2.75) is 32.4 Å². The molecule has 4 nitrogen and oxygen atoms in total. The molecule has 1 aromatic carbocycles. The average molecular weight is 392 g/mol. The van der Waals surface area contributed by atoms with Gasteiger partial charge in [0, 0.05) is 6.26 Å². The minimum atomic E-state index is -6.09. The molecule has 23 heavy (non-hydrogen) atoms. The summed E-state index contributed by atoms with van der Waals surface area (Å²) in [4.78, 5) is 0. The second-order valence-corrected chi connectivity index (χ2v) is 11.9. The van der Waals surface area contributed by atoms with Crippen LogP contribution >= 0.6 is 18.1 Å². The van der Waals surface area contributed by atoms with Gasteiger partial charge in [0.2, 0.25) is 6.69 Å². The van der Waals surface area contributed by atoms with Crippen molar-refractivity contribution in [3.63, 3.8) is 0 Å². The van der Waals surface area contributed by atoms with Crippen LogP contribution in [0.2, 0.25) is 0 Å². The van der Waals surface area contributed by atoms with Gasteiger partial charge < -0.3 is 4.55 Å². The van der Waals surface area contributed by atoms with E-state index in [-0.39, 0.29) is 0 Å². The zero-order chi connectivity index (χ0) is 18.3. The van der Waals surface area contributed by atoms with E-state index < -0.39 is 22.3 Å². The Morgan fingerprint density at radius 2 is 1.70 bits per heavy atom. The second-order valence-electron chi connectivity index (χ2n) is 4.56. The minimum absolute atomic E-state index is 0.297. The number of hydrogen-bond donors (Lipinski definition) is 0. The Morgan fingerprint density at radius 1 is 1.26 bits per heavy atom. The Labute approximate surface area is 139 Å². The summed E-state index contributed by atoms with van der Waals surface area (Å²) in [6, 6.07) is 10.6. The van der Waals surface area contributed by atoms with E-state index in [0.29, 0.717) is 6.10 Å². The van der Waals surface area contributed by atoms with Gasteiger partial charge in [-0.1, -0.05) is 18.2 Å². The molecule has 1 unspecified atom stereocenters. The highest BCUT2D eigenvalue weighted by Crippen LogP contribution is 2.68. The zero-order valence-corrected chi connectivity index (χ0v) is 15.7. The van der Waals surface area contributed by atoms with Crippen molar-refractivity contribution in [1.29, 1.82) is 0 Å². The van der Waals surface area contributed by atoms with Gasteiger partial charge in [0.25, 0.3) is 0 Å². The van der Waals surface area contributed by atoms with Gasteiger partial charge in [0.05, 0.1) is 23.6 Å². The van der Waals surface area contributed by atoms with Gasteiger partial charge in [-0.3, -0.25) is 0 Å². The van der Waals surface area contributed by atoms with Crippen molar-refractivity contribution in [2.24, 2.45) is 0 Å². The Bertz CT molecular complexity index is 558. The van der Waals surface area contributed by atoms with E-state index in [1.165, 1.54) is 5.30 Å². The van der Waals surface area contributed by atoms with E-state index in [2.05, 4.69) is 57.4 Å². The molecule has 10 heteroatoms. The van der Waals surface area contributed by atoms with Crippen LogP contribution in [0.25, 0.3) is 0 Å². The van der Waals surface area contributed by atoms with Crippen LogP contribution in [0, 0.1) is 0 Å². The van der Waals surface area contributed by atoms with E-state index in [9.17, 15) is 13.2 Å². The minimum Gasteiger partial charge on any atom is -0.741 e. The molecule has 0 aliphatic rings. The van der Waals surface area contributed by atoms with Gasteiger partial charge in [-0.05, 0) is 32.9 Å². The Morgan fingerprint density at radius 3 is 1.96 bits per heavy atom. The highest BCUT2D eigenvalue weighted by Gasteiger charge is 2.41. The Kier molecular flexibility index (Phi) is 9.09. The normalized spacial score (nSPS) is 14.8. The van der Waals surface area contributed by atoms with Gasteiger partial charge >= 0.3 is 5.51 Å². The number of rotatable bonds is 5. The molecule has 0 aliphatic heterocycles. The molecule has 0 saturated carbocycles. The third kappa shape index (κ3) is 7.39. The first-order valence-electron chi connectivity index (χ1n) is 6.59. The number of halogens is 3. The predicted octanol–water partition coefficient (Wildman–Crippen LogP) is 4.02. The molecule has 0 aromatic heterocycles. The molecule has 1 rings (SSSR count). The fraction of sp³-hybridized carbons (Fsp3) is 0.538. The first-order chi connectivity index (χ1) is 10.4. The molecule has 0 heterocycles. The molecular formula is C13H20F3O4PS2. The fourth-order valence-corrected chi connectivity index (χ4v) is 6.64. The lowest BCUT2D eigenvalue weighted by molar-refractivity contribution is -0.0517. The van der Waals surface area contributed by atoms with Crippen LogP contribution in [-0.4, -0.2) is 37.0 Å². The second kappa shape index (κ2) is 9.22. The molecule has 0 fully saturated rings. The average Bonchev–Trinajstić information content (AvgIpc) is 2.44.